The molecule has 0 spiro atoms. The number of aryl methyl sites for hydroxylation is 3. The first-order chi connectivity index (χ1) is 26.6. The molecule has 4 aliphatic heterocycles. The van der Waals surface area contributed by atoms with Gasteiger partial charge >= 0.3 is 0 Å². The third-order valence-corrected chi connectivity index (χ3v) is 11.9. The van der Waals surface area contributed by atoms with Crippen molar-refractivity contribution in [2.75, 3.05) is 36.0 Å². The standard InChI is InChI=1S/C43H46BN7O4/c1-26-19-35-36(48(2)42(26)54)6-3-7-37(35)50-15-4-5-28-21-34(29(23-44)22-39(28)50)30(24-45)25-46-31-13-16-49(17-14-31)32-8-9-33-27(20-32)12-18-51(43(33)55)38-10-11-40(52)47-41(38)53/h3,6-9,19-22,24-25,31,38H,4-5,10-18,23,45H2,1-2H3,(H,47,52,53)/b30-24+,46-25?. The zero-order valence-corrected chi connectivity index (χ0v) is 31.5. The number of benzene rings is 3. The van der Waals surface area contributed by atoms with Crippen LogP contribution in [0.1, 0.15) is 70.3 Å². The number of fused-ring (bicyclic) bond motifs is 3. The van der Waals surface area contributed by atoms with E-state index in [1.807, 2.05) is 50.5 Å². The van der Waals surface area contributed by atoms with Gasteiger partial charge in [0, 0.05) is 85.5 Å². The predicted octanol–water partition coefficient (Wildman–Crippen LogP) is 4.44. The second kappa shape index (κ2) is 14.9. The van der Waals surface area contributed by atoms with Crippen molar-refractivity contribution in [1.29, 1.82) is 0 Å². The summed E-state index contributed by atoms with van der Waals surface area (Å²) in [6.45, 7) is 4.86. The average Bonchev–Trinajstić information content (AvgIpc) is 3.20. The van der Waals surface area contributed by atoms with Crippen LogP contribution in [0.2, 0.25) is 0 Å². The van der Waals surface area contributed by atoms with Crippen LogP contribution in [-0.2, 0) is 35.8 Å². The summed E-state index contributed by atoms with van der Waals surface area (Å²) in [7, 11) is 8.23. The van der Waals surface area contributed by atoms with Crippen molar-refractivity contribution in [3.05, 3.63) is 105 Å². The lowest BCUT2D eigenvalue weighted by molar-refractivity contribution is -0.136. The number of pyridine rings is 1. The number of nitrogens with zero attached hydrogens (tertiary/aromatic N) is 5. The second-order valence-electron chi connectivity index (χ2n) is 15.2. The molecule has 2 fully saturated rings. The van der Waals surface area contributed by atoms with Crippen molar-refractivity contribution in [1.82, 2.24) is 14.8 Å². The van der Waals surface area contributed by atoms with E-state index in [0.717, 1.165) is 101 Å². The summed E-state index contributed by atoms with van der Waals surface area (Å²) in [5.74, 6) is -0.820. The maximum Gasteiger partial charge on any atom is 0.254 e. The molecule has 12 heteroatoms. The molecule has 2 radical (unpaired) electrons. The summed E-state index contributed by atoms with van der Waals surface area (Å²) in [4.78, 5) is 61.5. The third kappa shape index (κ3) is 6.72. The Labute approximate surface area is 322 Å². The monoisotopic (exact) mass is 735 g/mol. The fraction of sp³-hybridized carbons (Fsp3) is 0.372. The van der Waals surface area contributed by atoms with Crippen LogP contribution in [0.3, 0.4) is 0 Å². The van der Waals surface area contributed by atoms with Crippen LogP contribution < -0.4 is 26.4 Å². The van der Waals surface area contributed by atoms with E-state index in [2.05, 4.69) is 39.4 Å². The predicted molar refractivity (Wildman–Crippen MR) is 218 cm³/mol. The van der Waals surface area contributed by atoms with Crippen LogP contribution in [0.25, 0.3) is 16.5 Å². The summed E-state index contributed by atoms with van der Waals surface area (Å²) in [6.07, 6.45) is 8.86. The summed E-state index contributed by atoms with van der Waals surface area (Å²) in [6, 6.07) is 18.1. The number of piperidine rings is 2. The van der Waals surface area contributed by atoms with Gasteiger partial charge in [0.25, 0.3) is 11.5 Å². The number of hydrogen-bond acceptors (Lipinski definition) is 8. The Morgan fingerprint density at radius 3 is 2.51 bits per heavy atom. The number of rotatable bonds is 7. The molecule has 3 aromatic carbocycles. The zero-order valence-electron chi connectivity index (χ0n) is 31.5. The van der Waals surface area contributed by atoms with Crippen molar-refractivity contribution in [2.45, 2.75) is 70.3 Å². The van der Waals surface area contributed by atoms with Crippen molar-refractivity contribution < 1.29 is 14.4 Å². The molecule has 5 heterocycles. The number of hydrogen-bond donors (Lipinski definition) is 2. The molecule has 0 bridgehead atoms. The highest BCUT2D eigenvalue weighted by molar-refractivity contribution is 6.13. The minimum absolute atomic E-state index is 0.0168. The van der Waals surface area contributed by atoms with Crippen molar-refractivity contribution in [3.63, 3.8) is 0 Å². The van der Waals surface area contributed by atoms with Gasteiger partial charge in [-0.3, -0.25) is 29.5 Å². The summed E-state index contributed by atoms with van der Waals surface area (Å²) < 4.78 is 1.73. The van der Waals surface area contributed by atoms with Crippen LogP contribution >= 0.6 is 0 Å². The van der Waals surface area contributed by atoms with Crippen molar-refractivity contribution >= 4 is 65.3 Å². The Morgan fingerprint density at radius 1 is 0.927 bits per heavy atom. The fourth-order valence-electron chi connectivity index (χ4n) is 8.86. The number of nitrogens with two attached hydrogens (primary N) is 1. The highest BCUT2D eigenvalue weighted by Crippen LogP contribution is 2.40. The third-order valence-electron chi connectivity index (χ3n) is 11.9. The minimum Gasteiger partial charge on any atom is -0.404 e. The molecular formula is C43H46BN7O4. The van der Waals surface area contributed by atoms with Gasteiger partial charge in [-0.15, -0.1) is 0 Å². The van der Waals surface area contributed by atoms with Crippen LogP contribution in [-0.4, -0.2) is 79.5 Å². The number of carbonyl (C=O) groups excluding carboxylic acids is 3. The number of carbonyl (C=O) groups is 3. The molecule has 1 aromatic heterocycles. The molecule has 4 aromatic rings. The zero-order chi connectivity index (χ0) is 38.4. The van der Waals surface area contributed by atoms with E-state index < -0.39 is 6.04 Å². The van der Waals surface area contributed by atoms with Crippen molar-refractivity contribution in [2.24, 2.45) is 17.8 Å². The number of anilines is 3. The molecule has 0 aliphatic carbocycles. The average molecular weight is 736 g/mol. The quantitative estimate of drug-likeness (QED) is 0.163. The van der Waals surface area contributed by atoms with Gasteiger partial charge in [-0.05, 0) is 116 Å². The van der Waals surface area contributed by atoms with E-state index in [0.29, 0.717) is 31.3 Å². The number of nitrogens with one attached hydrogen (secondary N) is 1. The van der Waals surface area contributed by atoms with Gasteiger partial charge in [0.05, 0.1) is 25.1 Å². The largest absolute Gasteiger partial charge is 0.404 e. The smallest absolute Gasteiger partial charge is 0.254 e. The maximum absolute atomic E-state index is 13.4. The van der Waals surface area contributed by atoms with Gasteiger partial charge in [0.1, 0.15) is 6.04 Å². The van der Waals surface area contributed by atoms with Gasteiger partial charge in [0.2, 0.25) is 11.8 Å². The number of amides is 3. The molecule has 1 unspecified atom stereocenters. The molecule has 8 rings (SSSR count). The Balaban J connectivity index is 0.954. The number of allylic oxidation sites excluding steroid dienone is 1. The summed E-state index contributed by atoms with van der Waals surface area (Å²) >= 11 is 0. The Hall–Kier alpha value is -5.65. The Morgan fingerprint density at radius 2 is 1.75 bits per heavy atom. The topological polar surface area (TPSA) is 133 Å². The van der Waals surface area contributed by atoms with Gasteiger partial charge in [-0.2, -0.15) is 0 Å². The molecular weight excluding hydrogens is 689 g/mol. The van der Waals surface area contributed by atoms with Crippen LogP contribution in [0.15, 0.2) is 70.6 Å². The van der Waals surface area contributed by atoms with Gasteiger partial charge < -0.3 is 25.0 Å². The first-order valence-electron chi connectivity index (χ1n) is 19.4. The van der Waals surface area contributed by atoms with E-state index in [4.69, 9.17) is 18.6 Å². The minimum atomic E-state index is -0.600. The molecule has 1 atom stereocenters. The SMILES string of the molecule is [B]Cc1cc2c(cc1/C(C=NC1CCN(c3ccc4c(c3)CCN(C3CCC(=O)NC3=O)C4=O)CC1)=C/N)CCCN2c1cccc2c1cc(C)c(=O)n2C. The molecule has 11 nitrogen and oxygen atoms in total. The first kappa shape index (κ1) is 36.3. The van der Waals surface area contributed by atoms with Crippen LogP contribution in [0.5, 0.6) is 0 Å². The lowest BCUT2D eigenvalue weighted by Crippen LogP contribution is -2.55. The number of imide groups is 1. The van der Waals surface area contributed by atoms with E-state index in [-0.39, 0.29) is 35.7 Å². The van der Waals surface area contributed by atoms with Gasteiger partial charge in [-0.1, -0.05) is 12.4 Å². The van der Waals surface area contributed by atoms with Crippen LogP contribution in [0, 0.1) is 6.92 Å². The van der Waals surface area contributed by atoms with E-state index in [1.165, 1.54) is 5.56 Å². The lowest BCUT2D eigenvalue weighted by atomic mass is 9.86. The molecule has 3 N–H and O–H groups in total. The Bertz CT molecular complexity index is 2340. The molecule has 2 saturated heterocycles. The normalized spacial score (nSPS) is 19.6. The van der Waals surface area contributed by atoms with E-state index in [1.54, 1.807) is 15.7 Å². The van der Waals surface area contributed by atoms with Crippen molar-refractivity contribution in [3.8, 4) is 0 Å². The fourth-order valence-corrected chi connectivity index (χ4v) is 8.86. The molecule has 280 valence electrons. The van der Waals surface area contributed by atoms with Crippen LogP contribution in [0.4, 0.5) is 17.1 Å². The second-order valence-corrected chi connectivity index (χ2v) is 15.2. The maximum atomic E-state index is 13.4. The molecule has 55 heavy (non-hydrogen) atoms. The van der Waals surface area contributed by atoms with Gasteiger partial charge in [0.15, 0.2) is 0 Å². The van der Waals surface area contributed by atoms with E-state index in [9.17, 15) is 19.2 Å². The number of aromatic nitrogens is 1. The molecule has 4 aliphatic rings. The number of aliphatic imine (C=N–C) groups is 1. The molecule has 0 saturated carbocycles. The highest BCUT2D eigenvalue weighted by Gasteiger charge is 2.37. The first-order valence-corrected chi connectivity index (χ1v) is 19.4. The molecule has 3 amide bonds. The Kier molecular flexibility index (Phi) is 9.83. The van der Waals surface area contributed by atoms with E-state index >= 15 is 0 Å². The lowest BCUT2D eigenvalue weighted by Gasteiger charge is -2.37. The summed E-state index contributed by atoms with van der Waals surface area (Å²) in [5, 5.41) is 3.42. The highest BCUT2D eigenvalue weighted by atomic mass is 16.2. The summed E-state index contributed by atoms with van der Waals surface area (Å²) in [5.41, 5.74) is 16.9. The van der Waals surface area contributed by atoms with Gasteiger partial charge in [-0.25, -0.2) is 0 Å².